The molecule has 0 unspecified atom stereocenters. The lowest BCUT2D eigenvalue weighted by Gasteiger charge is -2.14. The van der Waals surface area contributed by atoms with E-state index in [-0.39, 0.29) is 30.0 Å². The van der Waals surface area contributed by atoms with E-state index in [0.717, 1.165) is 4.90 Å². The number of hydrogen-bond acceptors (Lipinski definition) is 4. The molecule has 3 amide bonds. The van der Waals surface area contributed by atoms with Crippen molar-refractivity contribution < 1.29 is 19.1 Å². The second-order valence-corrected chi connectivity index (χ2v) is 6.47. The lowest BCUT2D eigenvalue weighted by molar-refractivity contribution is -0.116. The predicted octanol–water partition coefficient (Wildman–Crippen LogP) is 3.63. The highest BCUT2D eigenvalue weighted by Gasteiger charge is 2.35. The van der Waals surface area contributed by atoms with Crippen LogP contribution in [0.4, 0.5) is 5.69 Å². The van der Waals surface area contributed by atoms with Crippen LogP contribution in [-0.4, -0.2) is 36.3 Å². The Hall–Kier alpha value is -2.57. The highest BCUT2D eigenvalue weighted by molar-refractivity contribution is 6.32. The standard InChI is InChI=1S/C18H14Cl2N2O4/c1-26-15-5-3-11(20)9-14(15)21-16(23)6-7-22-17(24)12-4-2-10(19)8-13(12)18(22)25/h2-5,8-9H,6-7H2,1H3,(H,21,23). The molecule has 1 heterocycles. The summed E-state index contributed by atoms with van der Waals surface area (Å²) < 4.78 is 5.16. The van der Waals surface area contributed by atoms with Crippen molar-refractivity contribution in [3.63, 3.8) is 0 Å². The third-order valence-corrected chi connectivity index (χ3v) is 4.40. The summed E-state index contributed by atoms with van der Waals surface area (Å²) in [5.41, 5.74) is 0.954. The Kier molecular flexibility index (Phi) is 5.15. The molecule has 134 valence electrons. The van der Waals surface area contributed by atoms with Crippen molar-refractivity contribution >= 4 is 46.6 Å². The first kappa shape index (κ1) is 18.2. The van der Waals surface area contributed by atoms with Gasteiger partial charge in [-0.05, 0) is 36.4 Å². The molecule has 0 saturated heterocycles. The summed E-state index contributed by atoms with van der Waals surface area (Å²) in [7, 11) is 1.48. The fraction of sp³-hybridized carbons (Fsp3) is 0.167. The minimum atomic E-state index is -0.458. The molecule has 0 radical (unpaired) electrons. The highest BCUT2D eigenvalue weighted by atomic mass is 35.5. The summed E-state index contributed by atoms with van der Waals surface area (Å²) in [6.07, 6.45) is -0.0606. The summed E-state index contributed by atoms with van der Waals surface area (Å²) in [5, 5.41) is 3.48. The first-order chi connectivity index (χ1) is 12.4. The highest BCUT2D eigenvalue weighted by Crippen LogP contribution is 2.28. The molecular weight excluding hydrogens is 379 g/mol. The maximum absolute atomic E-state index is 12.4. The van der Waals surface area contributed by atoms with E-state index in [9.17, 15) is 14.4 Å². The number of amides is 3. The van der Waals surface area contributed by atoms with Crippen LogP contribution < -0.4 is 10.1 Å². The number of ether oxygens (including phenoxy) is 1. The number of halogens is 2. The number of anilines is 1. The molecule has 0 bridgehead atoms. The summed E-state index contributed by atoms with van der Waals surface area (Å²) in [6, 6.07) is 9.34. The van der Waals surface area contributed by atoms with Gasteiger partial charge in [0.15, 0.2) is 0 Å². The molecule has 26 heavy (non-hydrogen) atoms. The molecule has 8 heteroatoms. The molecule has 0 atom stereocenters. The number of methoxy groups -OCH3 is 1. The third-order valence-electron chi connectivity index (χ3n) is 3.93. The summed E-state index contributed by atoms with van der Waals surface area (Å²) in [5.74, 6) is -0.811. The quantitative estimate of drug-likeness (QED) is 0.788. The Bertz CT molecular complexity index is 914. The van der Waals surface area contributed by atoms with Crippen LogP contribution in [0.25, 0.3) is 0 Å². The first-order valence-corrected chi connectivity index (χ1v) is 8.45. The van der Waals surface area contributed by atoms with Crippen molar-refractivity contribution in [3.8, 4) is 5.75 Å². The van der Waals surface area contributed by atoms with Crippen LogP contribution in [0.2, 0.25) is 10.0 Å². The summed E-state index contributed by atoms with van der Waals surface area (Å²) in [4.78, 5) is 37.9. The number of nitrogens with zero attached hydrogens (tertiary/aromatic N) is 1. The number of imide groups is 1. The summed E-state index contributed by atoms with van der Waals surface area (Å²) in [6.45, 7) is -0.0430. The van der Waals surface area contributed by atoms with Crippen LogP contribution in [0.1, 0.15) is 27.1 Å². The van der Waals surface area contributed by atoms with Gasteiger partial charge in [-0.25, -0.2) is 0 Å². The van der Waals surface area contributed by atoms with Gasteiger partial charge in [0.1, 0.15) is 5.75 Å². The molecule has 0 fully saturated rings. The minimum Gasteiger partial charge on any atom is -0.495 e. The zero-order chi connectivity index (χ0) is 18.8. The Morgan fingerprint density at radius 1 is 1.04 bits per heavy atom. The van der Waals surface area contributed by atoms with Crippen molar-refractivity contribution in [2.75, 3.05) is 19.0 Å². The lowest BCUT2D eigenvalue weighted by Crippen LogP contribution is -2.32. The number of benzene rings is 2. The normalized spacial score (nSPS) is 13.0. The average Bonchev–Trinajstić information content (AvgIpc) is 2.83. The van der Waals surface area contributed by atoms with Crippen molar-refractivity contribution in [2.45, 2.75) is 6.42 Å². The Balaban J connectivity index is 1.67. The maximum Gasteiger partial charge on any atom is 0.261 e. The van der Waals surface area contributed by atoms with Gasteiger partial charge in [-0.1, -0.05) is 23.2 Å². The largest absolute Gasteiger partial charge is 0.495 e. The molecule has 6 nitrogen and oxygen atoms in total. The van der Waals surface area contributed by atoms with Crippen LogP contribution in [0.15, 0.2) is 36.4 Å². The van der Waals surface area contributed by atoms with E-state index in [2.05, 4.69) is 5.32 Å². The van der Waals surface area contributed by atoms with Crippen LogP contribution in [-0.2, 0) is 4.79 Å². The Morgan fingerprint density at radius 2 is 1.69 bits per heavy atom. The Labute approximate surface area is 159 Å². The van der Waals surface area contributed by atoms with Crippen molar-refractivity contribution in [1.82, 2.24) is 4.90 Å². The minimum absolute atomic E-state index is 0.0430. The molecule has 1 aliphatic heterocycles. The van der Waals surface area contributed by atoms with E-state index in [1.54, 1.807) is 24.3 Å². The molecular formula is C18H14Cl2N2O4. The molecule has 1 N–H and O–H groups in total. The van der Waals surface area contributed by atoms with Gasteiger partial charge in [0.2, 0.25) is 5.91 Å². The van der Waals surface area contributed by atoms with Gasteiger partial charge in [0.25, 0.3) is 11.8 Å². The van der Waals surface area contributed by atoms with E-state index in [0.29, 0.717) is 21.5 Å². The monoisotopic (exact) mass is 392 g/mol. The zero-order valence-corrected chi connectivity index (χ0v) is 15.2. The van der Waals surface area contributed by atoms with Crippen LogP contribution in [0, 0.1) is 0 Å². The van der Waals surface area contributed by atoms with Gasteiger partial charge in [-0.3, -0.25) is 19.3 Å². The van der Waals surface area contributed by atoms with Crippen LogP contribution in [0.5, 0.6) is 5.75 Å². The topological polar surface area (TPSA) is 75.7 Å². The lowest BCUT2D eigenvalue weighted by atomic mass is 10.1. The van der Waals surface area contributed by atoms with Gasteiger partial charge >= 0.3 is 0 Å². The number of fused-ring (bicyclic) bond motifs is 1. The first-order valence-electron chi connectivity index (χ1n) is 7.70. The van der Waals surface area contributed by atoms with Gasteiger partial charge in [-0.2, -0.15) is 0 Å². The molecule has 0 spiro atoms. The summed E-state index contributed by atoms with van der Waals surface area (Å²) >= 11 is 11.8. The van der Waals surface area contributed by atoms with Crippen molar-refractivity contribution in [2.24, 2.45) is 0 Å². The van der Waals surface area contributed by atoms with E-state index in [4.69, 9.17) is 27.9 Å². The molecule has 0 saturated carbocycles. The van der Waals surface area contributed by atoms with Crippen LogP contribution >= 0.6 is 23.2 Å². The molecule has 0 aromatic heterocycles. The maximum atomic E-state index is 12.4. The number of carbonyl (C=O) groups is 3. The number of nitrogens with one attached hydrogen (secondary N) is 1. The van der Waals surface area contributed by atoms with E-state index in [1.165, 1.54) is 19.2 Å². The molecule has 2 aromatic carbocycles. The van der Waals surface area contributed by atoms with Crippen LogP contribution in [0.3, 0.4) is 0 Å². The molecule has 3 rings (SSSR count). The Morgan fingerprint density at radius 3 is 2.42 bits per heavy atom. The molecule has 2 aromatic rings. The van der Waals surface area contributed by atoms with Crippen molar-refractivity contribution in [1.29, 1.82) is 0 Å². The van der Waals surface area contributed by atoms with E-state index in [1.807, 2.05) is 0 Å². The zero-order valence-electron chi connectivity index (χ0n) is 13.7. The predicted molar refractivity (Wildman–Crippen MR) is 98.1 cm³/mol. The van der Waals surface area contributed by atoms with Gasteiger partial charge < -0.3 is 10.1 Å². The van der Waals surface area contributed by atoms with E-state index >= 15 is 0 Å². The smallest absolute Gasteiger partial charge is 0.261 e. The number of hydrogen-bond donors (Lipinski definition) is 1. The number of rotatable bonds is 5. The van der Waals surface area contributed by atoms with Gasteiger partial charge in [-0.15, -0.1) is 0 Å². The van der Waals surface area contributed by atoms with E-state index < -0.39 is 11.8 Å². The van der Waals surface area contributed by atoms with Gasteiger partial charge in [0.05, 0.1) is 23.9 Å². The molecule has 1 aliphatic rings. The fourth-order valence-electron chi connectivity index (χ4n) is 2.67. The SMILES string of the molecule is COc1ccc(Cl)cc1NC(=O)CCN1C(=O)c2ccc(Cl)cc2C1=O. The molecule has 0 aliphatic carbocycles. The second kappa shape index (κ2) is 7.35. The van der Waals surface area contributed by atoms with Crippen molar-refractivity contribution in [3.05, 3.63) is 57.6 Å². The second-order valence-electron chi connectivity index (χ2n) is 5.59. The van der Waals surface area contributed by atoms with Gasteiger partial charge in [0, 0.05) is 23.0 Å². The fourth-order valence-corrected chi connectivity index (χ4v) is 3.01. The third kappa shape index (κ3) is 3.52. The number of carbonyl (C=O) groups excluding carboxylic acids is 3. The average molecular weight is 393 g/mol.